The fourth-order valence-electron chi connectivity index (χ4n) is 1.65. The molecule has 6 nitrogen and oxygen atoms in total. The number of hydrogen-bond acceptors (Lipinski definition) is 5. The number of carbonyl (C=O) groups is 1. The summed E-state index contributed by atoms with van der Waals surface area (Å²) in [5, 5.41) is 22.1. The summed E-state index contributed by atoms with van der Waals surface area (Å²) in [6, 6.07) is 4.04. The largest absolute Gasteiger partial charge is 0.507 e. The summed E-state index contributed by atoms with van der Waals surface area (Å²) in [6.45, 7) is 3.83. The van der Waals surface area contributed by atoms with E-state index in [1.54, 1.807) is 13.8 Å². The van der Waals surface area contributed by atoms with E-state index in [1.165, 1.54) is 18.2 Å². The maximum absolute atomic E-state index is 10.7. The van der Waals surface area contributed by atoms with Crippen molar-refractivity contribution in [3.8, 4) is 11.5 Å². The van der Waals surface area contributed by atoms with Gasteiger partial charge in [0.15, 0.2) is 0 Å². The van der Waals surface area contributed by atoms with E-state index in [1.807, 2.05) is 0 Å². The van der Waals surface area contributed by atoms with Gasteiger partial charge in [0.05, 0.1) is 11.3 Å². The molecule has 2 aromatic rings. The summed E-state index contributed by atoms with van der Waals surface area (Å²) in [5.41, 5.74) is 1.41. The molecule has 0 saturated heterocycles. The van der Waals surface area contributed by atoms with E-state index in [9.17, 15) is 9.90 Å². The highest BCUT2D eigenvalue weighted by molar-refractivity contribution is 5.90. The van der Waals surface area contributed by atoms with Crippen molar-refractivity contribution in [2.75, 3.05) is 0 Å². The van der Waals surface area contributed by atoms with E-state index in [4.69, 9.17) is 14.4 Å². The van der Waals surface area contributed by atoms with Crippen LogP contribution in [-0.2, 0) is 6.61 Å². The first kappa shape index (κ1) is 12.9. The Balaban J connectivity index is 2.13. The Hall–Kier alpha value is -2.50. The van der Waals surface area contributed by atoms with Crippen LogP contribution in [0.5, 0.6) is 11.5 Å². The minimum absolute atomic E-state index is 0.162. The van der Waals surface area contributed by atoms with Gasteiger partial charge in [-0.05, 0) is 26.0 Å². The smallest absolute Gasteiger partial charge is 0.339 e. The molecule has 0 aliphatic rings. The van der Waals surface area contributed by atoms with Crippen LogP contribution in [0.15, 0.2) is 22.7 Å². The van der Waals surface area contributed by atoms with Gasteiger partial charge in [-0.25, -0.2) is 4.79 Å². The minimum atomic E-state index is -1.19. The first-order valence-corrected chi connectivity index (χ1v) is 5.60. The van der Waals surface area contributed by atoms with Crippen molar-refractivity contribution < 1.29 is 24.3 Å². The lowest BCUT2D eigenvalue weighted by Crippen LogP contribution is -2.00. The summed E-state index contributed by atoms with van der Waals surface area (Å²) in [5.74, 6) is -0.468. The molecule has 0 aliphatic heterocycles. The highest BCUT2D eigenvalue weighted by atomic mass is 16.5. The van der Waals surface area contributed by atoms with Gasteiger partial charge >= 0.3 is 5.97 Å². The summed E-state index contributed by atoms with van der Waals surface area (Å²) < 4.78 is 10.5. The molecule has 2 rings (SSSR count). The average Bonchev–Trinajstić information content (AvgIpc) is 2.66. The molecular formula is C13H13NO5. The topological polar surface area (TPSA) is 92.8 Å². The van der Waals surface area contributed by atoms with E-state index < -0.39 is 5.97 Å². The second-order valence-electron chi connectivity index (χ2n) is 4.08. The lowest BCUT2D eigenvalue weighted by atomic mass is 10.2. The predicted molar refractivity (Wildman–Crippen MR) is 65.4 cm³/mol. The Labute approximate surface area is 109 Å². The van der Waals surface area contributed by atoms with Crippen LogP contribution in [0, 0.1) is 13.8 Å². The van der Waals surface area contributed by atoms with E-state index in [-0.39, 0.29) is 17.9 Å². The lowest BCUT2D eigenvalue weighted by molar-refractivity contribution is 0.0693. The normalized spacial score (nSPS) is 10.4. The number of benzene rings is 1. The number of aromatic nitrogens is 1. The lowest BCUT2D eigenvalue weighted by Gasteiger charge is -2.07. The zero-order valence-corrected chi connectivity index (χ0v) is 10.5. The SMILES string of the molecule is Cc1noc(C)c1COc1ccc(C(=O)O)c(O)c1. The number of hydrogen-bond donors (Lipinski definition) is 2. The standard InChI is InChI=1S/C13H13NO5/c1-7-11(8(2)19-14-7)6-18-9-3-4-10(13(16)17)12(15)5-9/h3-5,15H,6H2,1-2H3,(H,16,17). The fraction of sp³-hybridized carbons (Fsp3) is 0.231. The fourth-order valence-corrected chi connectivity index (χ4v) is 1.65. The van der Waals surface area contributed by atoms with E-state index in [2.05, 4.69) is 5.16 Å². The van der Waals surface area contributed by atoms with E-state index >= 15 is 0 Å². The van der Waals surface area contributed by atoms with Gasteiger partial charge in [0.25, 0.3) is 0 Å². The predicted octanol–water partition coefficient (Wildman–Crippen LogP) is 2.27. The number of aryl methyl sites for hydroxylation is 2. The van der Waals surface area contributed by atoms with Crippen LogP contribution in [0.2, 0.25) is 0 Å². The molecule has 0 fully saturated rings. The number of rotatable bonds is 4. The molecule has 6 heteroatoms. The maximum Gasteiger partial charge on any atom is 0.339 e. The highest BCUT2D eigenvalue weighted by Gasteiger charge is 2.12. The van der Waals surface area contributed by atoms with Crippen LogP contribution >= 0.6 is 0 Å². The highest BCUT2D eigenvalue weighted by Crippen LogP contribution is 2.25. The van der Waals surface area contributed by atoms with Gasteiger partial charge in [0.2, 0.25) is 0 Å². The third-order valence-electron chi connectivity index (χ3n) is 2.76. The molecule has 1 heterocycles. The minimum Gasteiger partial charge on any atom is -0.507 e. The Morgan fingerprint density at radius 2 is 2.16 bits per heavy atom. The van der Waals surface area contributed by atoms with Crippen molar-refractivity contribution in [2.24, 2.45) is 0 Å². The van der Waals surface area contributed by atoms with E-state index in [0.29, 0.717) is 11.5 Å². The van der Waals surface area contributed by atoms with Crippen LogP contribution in [0.4, 0.5) is 0 Å². The van der Waals surface area contributed by atoms with E-state index in [0.717, 1.165) is 11.3 Å². The van der Waals surface area contributed by atoms with Crippen molar-refractivity contribution in [3.05, 3.63) is 40.8 Å². The molecular weight excluding hydrogens is 250 g/mol. The molecule has 100 valence electrons. The number of carboxylic acid groups (broad SMARTS) is 1. The zero-order valence-electron chi connectivity index (χ0n) is 10.5. The van der Waals surface area contributed by atoms with Gasteiger partial charge in [-0.15, -0.1) is 0 Å². The monoisotopic (exact) mass is 263 g/mol. The number of carboxylic acids is 1. The third kappa shape index (κ3) is 2.67. The van der Waals surface area contributed by atoms with Crippen molar-refractivity contribution in [1.29, 1.82) is 0 Å². The number of phenols is 1. The summed E-state index contributed by atoms with van der Waals surface area (Å²) in [6.07, 6.45) is 0. The Morgan fingerprint density at radius 1 is 1.42 bits per heavy atom. The average molecular weight is 263 g/mol. The molecule has 0 amide bonds. The maximum atomic E-state index is 10.7. The zero-order chi connectivity index (χ0) is 14.0. The first-order chi connectivity index (χ1) is 8.99. The molecule has 1 aromatic carbocycles. The number of aromatic carboxylic acids is 1. The van der Waals surface area contributed by atoms with Crippen molar-refractivity contribution >= 4 is 5.97 Å². The molecule has 19 heavy (non-hydrogen) atoms. The number of ether oxygens (including phenoxy) is 1. The van der Waals surface area contributed by atoms with Gasteiger partial charge in [-0.2, -0.15) is 0 Å². The first-order valence-electron chi connectivity index (χ1n) is 5.60. The molecule has 0 spiro atoms. The van der Waals surface area contributed by atoms with Gasteiger partial charge in [-0.3, -0.25) is 0 Å². The van der Waals surface area contributed by atoms with Gasteiger partial charge in [0.1, 0.15) is 29.4 Å². The Morgan fingerprint density at radius 3 is 2.68 bits per heavy atom. The summed E-state index contributed by atoms with van der Waals surface area (Å²) in [7, 11) is 0. The number of aromatic hydroxyl groups is 1. The second-order valence-corrected chi connectivity index (χ2v) is 4.08. The van der Waals surface area contributed by atoms with Gasteiger partial charge in [0, 0.05) is 6.07 Å². The van der Waals surface area contributed by atoms with Gasteiger partial charge < -0.3 is 19.5 Å². The molecule has 2 N–H and O–H groups in total. The van der Waals surface area contributed by atoms with Crippen LogP contribution < -0.4 is 4.74 Å². The molecule has 0 radical (unpaired) electrons. The molecule has 0 bridgehead atoms. The molecule has 0 atom stereocenters. The third-order valence-corrected chi connectivity index (χ3v) is 2.76. The summed E-state index contributed by atoms with van der Waals surface area (Å²) >= 11 is 0. The van der Waals surface area contributed by atoms with Crippen molar-refractivity contribution in [2.45, 2.75) is 20.5 Å². The Kier molecular flexibility index (Phi) is 3.41. The quantitative estimate of drug-likeness (QED) is 0.879. The number of nitrogens with zero attached hydrogens (tertiary/aromatic N) is 1. The molecule has 0 saturated carbocycles. The van der Waals surface area contributed by atoms with Crippen molar-refractivity contribution in [1.82, 2.24) is 5.16 Å². The van der Waals surface area contributed by atoms with Crippen molar-refractivity contribution in [3.63, 3.8) is 0 Å². The van der Waals surface area contributed by atoms with Crippen LogP contribution in [-0.4, -0.2) is 21.3 Å². The Bertz CT molecular complexity index is 598. The van der Waals surface area contributed by atoms with Crippen LogP contribution in [0.25, 0.3) is 0 Å². The second kappa shape index (κ2) is 5.01. The summed E-state index contributed by atoms with van der Waals surface area (Å²) in [4.78, 5) is 10.7. The van der Waals surface area contributed by atoms with Crippen LogP contribution in [0.3, 0.4) is 0 Å². The molecule has 0 unspecified atom stereocenters. The van der Waals surface area contributed by atoms with Crippen LogP contribution in [0.1, 0.15) is 27.4 Å². The van der Waals surface area contributed by atoms with Gasteiger partial charge in [-0.1, -0.05) is 5.16 Å². The molecule has 0 aliphatic carbocycles. The molecule has 1 aromatic heterocycles.